The number of halogens is 1. The topological polar surface area (TPSA) is 87.0 Å². The summed E-state index contributed by atoms with van der Waals surface area (Å²) in [6.45, 7) is 0.494. The van der Waals surface area contributed by atoms with E-state index in [-0.39, 0.29) is 74.4 Å². The predicted molar refractivity (Wildman–Crippen MR) is 110 cm³/mol. The maximum Gasteiger partial charge on any atom is 1.00 e. The standard InChI is InChI=1S/C20H18BrN3O3S.K/c21-15-6-8-16(9-7-15)28-13-18(25)22-17-12-24(23-19(17)20(26)27)11-10-14-4-2-1-3-5-14;/h1-9,12H,10-11,13H2,(H,22,25)(H,26,27);/q;+1/p-1. The van der Waals surface area contributed by atoms with Crippen molar-refractivity contribution in [2.24, 2.45) is 0 Å². The second-order valence-corrected chi connectivity index (χ2v) is 7.93. The van der Waals surface area contributed by atoms with Crippen molar-refractivity contribution in [2.75, 3.05) is 11.1 Å². The second-order valence-electron chi connectivity index (χ2n) is 5.97. The van der Waals surface area contributed by atoms with Gasteiger partial charge in [-0.3, -0.25) is 9.48 Å². The molecule has 144 valence electrons. The Balaban J connectivity index is 0.00000300. The summed E-state index contributed by atoms with van der Waals surface area (Å²) < 4.78 is 2.47. The number of aromatic nitrogens is 2. The number of hydrogen-bond acceptors (Lipinski definition) is 5. The van der Waals surface area contributed by atoms with E-state index in [0.29, 0.717) is 13.0 Å². The fourth-order valence-corrected chi connectivity index (χ4v) is 3.50. The average Bonchev–Trinajstić information content (AvgIpc) is 3.10. The van der Waals surface area contributed by atoms with E-state index >= 15 is 0 Å². The number of anilines is 1. The van der Waals surface area contributed by atoms with E-state index in [0.717, 1.165) is 14.9 Å². The zero-order valence-electron chi connectivity index (χ0n) is 15.8. The number of thioether (sulfide) groups is 1. The Morgan fingerprint density at radius 2 is 1.79 bits per heavy atom. The Bertz CT molecular complexity index is 965. The van der Waals surface area contributed by atoms with Crippen molar-refractivity contribution >= 4 is 45.3 Å². The van der Waals surface area contributed by atoms with E-state index < -0.39 is 5.97 Å². The van der Waals surface area contributed by atoms with Crippen LogP contribution >= 0.6 is 27.7 Å². The third kappa shape index (κ3) is 7.67. The number of nitrogens with one attached hydrogen (secondary N) is 1. The molecular weight excluding hydrogens is 481 g/mol. The fraction of sp³-hybridized carbons (Fsp3) is 0.150. The second kappa shape index (κ2) is 12.0. The molecule has 0 fully saturated rings. The normalized spacial score (nSPS) is 10.2. The van der Waals surface area contributed by atoms with Gasteiger partial charge in [-0.1, -0.05) is 46.3 Å². The maximum atomic E-state index is 12.2. The Morgan fingerprint density at radius 3 is 2.45 bits per heavy atom. The summed E-state index contributed by atoms with van der Waals surface area (Å²) in [5.74, 6) is -1.57. The van der Waals surface area contributed by atoms with Crippen LogP contribution in [0.15, 0.2) is 70.2 Å². The van der Waals surface area contributed by atoms with Gasteiger partial charge in [-0.25, -0.2) is 0 Å². The van der Waals surface area contributed by atoms with Crippen LogP contribution in [-0.4, -0.2) is 27.4 Å². The predicted octanol–water partition coefficient (Wildman–Crippen LogP) is -0.0134. The first kappa shape index (κ1) is 24.3. The van der Waals surface area contributed by atoms with Crippen molar-refractivity contribution < 1.29 is 66.1 Å². The van der Waals surface area contributed by atoms with Gasteiger partial charge in [0, 0.05) is 22.1 Å². The van der Waals surface area contributed by atoms with Crippen molar-refractivity contribution in [1.82, 2.24) is 9.78 Å². The Kier molecular flexibility index (Phi) is 10.1. The van der Waals surface area contributed by atoms with Gasteiger partial charge in [-0.05, 0) is 36.2 Å². The molecule has 1 N–H and O–H groups in total. The molecule has 0 unspecified atom stereocenters. The largest absolute Gasteiger partial charge is 1.00 e. The molecule has 0 spiro atoms. The van der Waals surface area contributed by atoms with Gasteiger partial charge in [-0.15, -0.1) is 11.8 Å². The molecule has 6 nitrogen and oxygen atoms in total. The molecule has 0 aliphatic carbocycles. The minimum Gasteiger partial charge on any atom is -0.543 e. The van der Waals surface area contributed by atoms with E-state index in [1.807, 2.05) is 54.6 Å². The molecule has 1 heterocycles. The number of carbonyl (C=O) groups is 2. The first-order chi connectivity index (χ1) is 13.5. The number of amides is 1. The summed E-state index contributed by atoms with van der Waals surface area (Å²) in [7, 11) is 0. The van der Waals surface area contributed by atoms with E-state index in [4.69, 9.17) is 0 Å². The molecular formula is C20H17BrKN3O3S. The van der Waals surface area contributed by atoms with Crippen LogP contribution < -0.4 is 61.8 Å². The van der Waals surface area contributed by atoms with Gasteiger partial charge in [0.15, 0.2) is 0 Å². The van der Waals surface area contributed by atoms with E-state index in [9.17, 15) is 14.7 Å². The van der Waals surface area contributed by atoms with Gasteiger partial charge in [0.1, 0.15) is 5.69 Å². The molecule has 2 aromatic carbocycles. The zero-order chi connectivity index (χ0) is 19.9. The van der Waals surface area contributed by atoms with E-state index in [2.05, 4.69) is 26.3 Å². The van der Waals surface area contributed by atoms with E-state index in [1.165, 1.54) is 22.6 Å². The molecule has 29 heavy (non-hydrogen) atoms. The van der Waals surface area contributed by atoms with Crippen LogP contribution in [0, 0.1) is 0 Å². The Morgan fingerprint density at radius 1 is 1.10 bits per heavy atom. The Labute approximate surface area is 224 Å². The van der Waals surface area contributed by atoms with Crippen molar-refractivity contribution in [1.29, 1.82) is 0 Å². The molecule has 1 aromatic heterocycles. The van der Waals surface area contributed by atoms with Crippen molar-refractivity contribution in [2.45, 2.75) is 17.9 Å². The summed E-state index contributed by atoms with van der Waals surface area (Å²) in [5.41, 5.74) is 0.994. The number of nitrogens with zero attached hydrogens (tertiary/aromatic N) is 2. The van der Waals surface area contributed by atoms with Crippen LogP contribution in [0.1, 0.15) is 16.1 Å². The summed E-state index contributed by atoms with van der Waals surface area (Å²) in [6.07, 6.45) is 2.22. The molecule has 1 amide bonds. The number of carbonyl (C=O) groups excluding carboxylic acids is 2. The minimum atomic E-state index is -1.42. The maximum absolute atomic E-state index is 12.2. The monoisotopic (exact) mass is 497 g/mol. The summed E-state index contributed by atoms with van der Waals surface area (Å²) in [4.78, 5) is 24.5. The molecule has 0 aliphatic heterocycles. The Hall–Kier alpha value is -0.944. The molecule has 0 aliphatic rings. The smallest absolute Gasteiger partial charge is 0.543 e. The first-order valence-electron chi connectivity index (χ1n) is 8.52. The molecule has 0 atom stereocenters. The molecule has 0 radical (unpaired) electrons. The number of aromatic carboxylic acids is 1. The average molecular weight is 498 g/mol. The van der Waals surface area contributed by atoms with Crippen molar-refractivity contribution in [3.63, 3.8) is 0 Å². The van der Waals surface area contributed by atoms with Gasteiger partial charge in [-0.2, -0.15) is 5.10 Å². The van der Waals surface area contributed by atoms with E-state index in [1.54, 1.807) is 0 Å². The number of carboxylic acid groups (broad SMARTS) is 1. The number of benzene rings is 2. The van der Waals surface area contributed by atoms with Gasteiger partial charge in [0.25, 0.3) is 0 Å². The number of rotatable bonds is 8. The van der Waals surface area contributed by atoms with Crippen molar-refractivity contribution in [3.8, 4) is 0 Å². The fourth-order valence-electron chi connectivity index (χ4n) is 2.53. The van der Waals surface area contributed by atoms with Gasteiger partial charge in [0.05, 0.1) is 17.4 Å². The summed E-state index contributed by atoms with van der Waals surface area (Å²) >= 11 is 4.72. The van der Waals surface area contributed by atoms with Gasteiger partial charge >= 0.3 is 51.4 Å². The zero-order valence-corrected chi connectivity index (χ0v) is 21.3. The molecule has 3 rings (SSSR count). The summed E-state index contributed by atoms with van der Waals surface area (Å²) in [5, 5.41) is 18.0. The first-order valence-corrected chi connectivity index (χ1v) is 10.3. The number of carboxylic acids is 1. The SMILES string of the molecule is O=C(CSc1ccc(Br)cc1)Nc1cn(CCc2ccccc2)nc1C(=O)[O-].[K+]. The van der Waals surface area contributed by atoms with Gasteiger partial charge in [0.2, 0.25) is 5.91 Å². The number of hydrogen-bond donors (Lipinski definition) is 1. The van der Waals surface area contributed by atoms with Crippen LogP contribution in [0.4, 0.5) is 5.69 Å². The number of aryl methyl sites for hydroxylation is 2. The van der Waals surface area contributed by atoms with Crippen LogP contribution in [0.3, 0.4) is 0 Å². The molecule has 0 saturated carbocycles. The molecule has 3 aromatic rings. The molecule has 9 heteroatoms. The van der Waals surface area contributed by atoms with Crippen LogP contribution in [0.25, 0.3) is 0 Å². The quantitative estimate of drug-likeness (QED) is 0.349. The third-order valence-electron chi connectivity index (χ3n) is 3.89. The molecule has 0 bridgehead atoms. The van der Waals surface area contributed by atoms with Crippen LogP contribution in [-0.2, 0) is 17.8 Å². The minimum absolute atomic E-state index is 0. The molecule has 0 saturated heterocycles. The summed E-state index contributed by atoms with van der Waals surface area (Å²) in [6, 6.07) is 17.4. The van der Waals surface area contributed by atoms with Gasteiger partial charge < -0.3 is 15.2 Å². The van der Waals surface area contributed by atoms with Crippen molar-refractivity contribution in [3.05, 3.63) is 76.5 Å². The van der Waals surface area contributed by atoms with Crippen LogP contribution in [0.5, 0.6) is 0 Å². The third-order valence-corrected chi connectivity index (χ3v) is 5.43. The van der Waals surface area contributed by atoms with Crippen LogP contribution in [0.2, 0.25) is 0 Å².